The van der Waals surface area contributed by atoms with Gasteiger partial charge in [-0.15, -0.1) is 0 Å². The SMILES string of the molecule is CCOC(=O)C1c2c(c3cc(OC)c(OC)cc3c3cc(OC)c(OC)cc23)CC(CC)N1CC. The predicted octanol–water partition coefficient (Wildman–Crippen LogP) is 5.29. The fourth-order valence-corrected chi connectivity index (χ4v) is 5.54. The highest BCUT2D eigenvalue weighted by molar-refractivity contribution is 6.14. The standard InChI is InChI=1S/C28H35NO6/c1-8-16-11-20-18-13-23(32-5)22(31-4)12-17(18)19-14-24(33-6)25(34-7)15-21(19)26(20)27(29(16)9-2)28(30)35-10-3/h12-16,27H,8-11H2,1-7H3. The summed E-state index contributed by atoms with van der Waals surface area (Å²) in [5, 5.41) is 3.96. The van der Waals surface area contributed by atoms with Crippen LogP contribution in [0.15, 0.2) is 24.3 Å². The Hall–Kier alpha value is -3.19. The number of esters is 1. The van der Waals surface area contributed by atoms with Gasteiger partial charge in [0.2, 0.25) is 0 Å². The Morgan fingerprint density at radius 1 is 0.800 bits per heavy atom. The molecule has 2 atom stereocenters. The second-order valence-electron chi connectivity index (χ2n) is 8.65. The summed E-state index contributed by atoms with van der Waals surface area (Å²) in [4.78, 5) is 15.8. The predicted molar refractivity (Wildman–Crippen MR) is 137 cm³/mol. The summed E-state index contributed by atoms with van der Waals surface area (Å²) in [7, 11) is 6.52. The maximum Gasteiger partial charge on any atom is 0.328 e. The van der Waals surface area contributed by atoms with E-state index in [4.69, 9.17) is 23.7 Å². The number of hydrogen-bond donors (Lipinski definition) is 0. The summed E-state index contributed by atoms with van der Waals surface area (Å²) in [5.74, 6) is 2.31. The van der Waals surface area contributed by atoms with Crippen molar-refractivity contribution in [2.24, 2.45) is 0 Å². The molecule has 1 heterocycles. The van der Waals surface area contributed by atoms with Gasteiger partial charge in [0.25, 0.3) is 0 Å². The first-order chi connectivity index (χ1) is 17.0. The van der Waals surface area contributed by atoms with E-state index in [2.05, 4.69) is 18.7 Å². The van der Waals surface area contributed by atoms with E-state index in [0.29, 0.717) is 29.6 Å². The topological polar surface area (TPSA) is 66.5 Å². The highest BCUT2D eigenvalue weighted by atomic mass is 16.5. The first-order valence-electron chi connectivity index (χ1n) is 12.2. The van der Waals surface area contributed by atoms with Crippen molar-refractivity contribution in [2.75, 3.05) is 41.6 Å². The summed E-state index contributed by atoms with van der Waals surface area (Å²) in [5.41, 5.74) is 2.10. The first-order valence-corrected chi connectivity index (χ1v) is 12.2. The largest absolute Gasteiger partial charge is 0.493 e. The Bertz CT molecular complexity index is 1250. The van der Waals surface area contributed by atoms with Gasteiger partial charge in [-0.3, -0.25) is 4.90 Å². The van der Waals surface area contributed by atoms with Crippen molar-refractivity contribution in [3.05, 3.63) is 35.4 Å². The lowest BCUT2D eigenvalue weighted by atomic mass is 9.80. The van der Waals surface area contributed by atoms with Gasteiger partial charge in [0.05, 0.1) is 35.0 Å². The number of benzene rings is 3. The Labute approximate surface area is 206 Å². The average molecular weight is 482 g/mol. The molecule has 0 aromatic heterocycles. The Kier molecular flexibility index (Phi) is 7.26. The Morgan fingerprint density at radius 3 is 1.74 bits per heavy atom. The fourth-order valence-electron chi connectivity index (χ4n) is 5.54. The van der Waals surface area contributed by atoms with E-state index in [-0.39, 0.29) is 12.0 Å². The second kappa shape index (κ2) is 10.2. The summed E-state index contributed by atoms with van der Waals surface area (Å²) in [6.07, 6.45) is 1.73. The monoisotopic (exact) mass is 481 g/mol. The van der Waals surface area contributed by atoms with E-state index in [1.54, 1.807) is 28.4 Å². The van der Waals surface area contributed by atoms with Crippen molar-refractivity contribution < 1.29 is 28.5 Å². The quantitative estimate of drug-likeness (QED) is 0.320. The molecule has 0 saturated carbocycles. The van der Waals surface area contributed by atoms with Gasteiger partial charge in [-0.05, 0) is 83.2 Å². The molecule has 0 fully saturated rings. The number of ether oxygens (including phenoxy) is 5. The molecule has 0 N–H and O–H groups in total. The van der Waals surface area contributed by atoms with Crippen molar-refractivity contribution in [2.45, 2.75) is 45.7 Å². The Morgan fingerprint density at radius 2 is 1.29 bits per heavy atom. The van der Waals surface area contributed by atoms with Crippen molar-refractivity contribution >= 4 is 27.5 Å². The van der Waals surface area contributed by atoms with E-state index in [0.717, 1.165) is 52.1 Å². The molecule has 7 heteroatoms. The molecular weight excluding hydrogens is 446 g/mol. The van der Waals surface area contributed by atoms with Crippen LogP contribution in [0.3, 0.4) is 0 Å². The fraction of sp³-hybridized carbons (Fsp3) is 0.464. The number of carbonyl (C=O) groups excluding carboxylic acids is 1. The summed E-state index contributed by atoms with van der Waals surface area (Å²) >= 11 is 0. The lowest BCUT2D eigenvalue weighted by molar-refractivity contribution is -0.151. The van der Waals surface area contributed by atoms with Crippen LogP contribution in [-0.2, 0) is 16.0 Å². The zero-order chi connectivity index (χ0) is 25.3. The van der Waals surface area contributed by atoms with Crippen LogP contribution in [0.2, 0.25) is 0 Å². The molecule has 3 aromatic rings. The highest BCUT2D eigenvalue weighted by Crippen LogP contribution is 2.48. The highest BCUT2D eigenvalue weighted by Gasteiger charge is 2.40. The van der Waals surface area contributed by atoms with Crippen LogP contribution in [-0.4, -0.2) is 58.5 Å². The van der Waals surface area contributed by atoms with Crippen LogP contribution in [0, 0.1) is 0 Å². The molecule has 0 spiro atoms. The second-order valence-corrected chi connectivity index (χ2v) is 8.65. The molecule has 0 radical (unpaired) electrons. The summed E-state index contributed by atoms with van der Waals surface area (Å²) in [6, 6.07) is 7.68. The zero-order valence-electron chi connectivity index (χ0n) is 21.7. The molecule has 3 aromatic carbocycles. The molecule has 35 heavy (non-hydrogen) atoms. The summed E-state index contributed by atoms with van der Waals surface area (Å²) < 4.78 is 28.2. The lowest BCUT2D eigenvalue weighted by Crippen LogP contribution is -2.47. The number of hydrogen-bond acceptors (Lipinski definition) is 7. The number of fused-ring (bicyclic) bond motifs is 6. The van der Waals surface area contributed by atoms with Gasteiger partial charge in [-0.1, -0.05) is 13.8 Å². The van der Waals surface area contributed by atoms with Gasteiger partial charge in [-0.2, -0.15) is 0 Å². The smallest absolute Gasteiger partial charge is 0.328 e. The maximum absolute atomic E-state index is 13.5. The van der Waals surface area contributed by atoms with Gasteiger partial charge in [0.1, 0.15) is 6.04 Å². The number of carbonyl (C=O) groups is 1. The van der Waals surface area contributed by atoms with Gasteiger partial charge >= 0.3 is 5.97 Å². The number of likely N-dealkylation sites (N-methyl/N-ethyl adjacent to an activating group) is 1. The molecule has 1 aliphatic heterocycles. The van der Waals surface area contributed by atoms with Crippen molar-refractivity contribution in [3.8, 4) is 23.0 Å². The Balaban J connectivity index is 2.21. The van der Waals surface area contributed by atoms with E-state index in [1.807, 2.05) is 31.2 Å². The van der Waals surface area contributed by atoms with Crippen molar-refractivity contribution in [3.63, 3.8) is 0 Å². The van der Waals surface area contributed by atoms with Crippen LogP contribution >= 0.6 is 0 Å². The third-order valence-corrected chi connectivity index (χ3v) is 7.14. The molecule has 7 nitrogen and oxygen atoms in total. The first kappa shape index (κ1) is 24.9. The van der Waals surface area contributed by atoms with Crippen LogP contribution in [0.25, 0.3) is 21.5 Å². The van der Waals surface area contributed by atoms with E-state index >= 15 is 0 Å². The average Bonchev–Trinajstić information content (AvgIpc) is 2.90. The minimum absolute atomic E-state index is 0.204. The van der Waals surface area contributed by atoms with Crippen LogP contribution < -0.4 is 18.9 Å². The minimum Gasteiger partial charge on any atom is -0.493 e. The summed E-state index contributed by atoms with van der Waals surface area (Å²) in [6.45, 7) is 7.17. The van der Waals surface area contributed by atoms with Crippen LogP contribution in [0.4, 0.5) is 0 Å². The minimum atomic E-state index is -0.522. The van der Waals surface area contributed by atoms with Crippen molar-refractivity contribution in [1.82, 2.24) is 4.90 Å². The van der Waals surface area contributed by atoms with E-state index < -0.39 is 6.04 Å². The molecule has 0 bridgehead atoms. The van der Waals surface area contributed by atoms with Gasteiger partial charge in [0.15, 0.2) is 23.0 Å². The zero-order valence-corrected chi connectivity index (χ0v) is 21.7. The van der Waals surface area contributed by atoms with Crippen molar-refractivity contribution in [1.29, 1.82) is 0 Å². The molecule has 1 aliphatic rings. The normalized spacial score (nSPS) is 17.8. The van der Waals surface area contributed by atoms with Gasteiger partial charge in [-0.25, -0.2) is 4.79 Å². The van der Waals surface area contributed by atoms with Crippen LogP contribution in [0.1, 0.15) is 44.4 Å². The third kappa shape index (κ3) is 4.01. The van der Waals surface area contributed by atoms with Gasteiger partial charge in [0, 0.05) is 6.04 Å². The van der Waals surface area contributed by atoms with E-state index in [1.165, 1.54) is 0 Å². The number of rotatable bonds is 8. The third-order valence-electron chi connectivity index (χ3n) is 7.14. The van der Waals surface area contributed by atoms with Crippen LogP contribution in [0.5, 0.6) is 23.0 Å². The molecule has 0 aliphatic carbocycles. The molecule has 188 valence electrons. The maximum atomic E-state index is 13.5. The van der Waals surface area contributed by atoms with Gasteiger partial charge < -0.3 is 23.7 Å². The molecular formula is C28H35NO6. The molecule has 2 unspecified atom stereocenters. The number of nitrogens with zero attached hydrogens (tertiary/aromatic N) is 1. The molecule has 0 amide bonds. The molecule has 4 rings (SSSR count). The van der Waals surface area contributed by atoms with E-state index in [9.17, 15) is 4.79 Å². The number of methoxy groups -OCH3 is 4. The lowest BCUT2D eigenvalue weighted by Gasteiger charge is -2.42. The molecule has 0 saturated heterocycles.